The van der Waals surface area contributed by atoms with Gasteiger partial charge in [0.2, 0.25) is 5.69 Å². The van der Waals surface area contributed by atoms with Gasteiger partial charge in [-0.2, -0.15) is 0 Å². The first-order valence-corrected chi connectivity index (χ1v) is 7.44. The summed E-state index contributed by atoms with van der Waals surface area (Å²) in [5.41, 5.74) is 2.71. The van der Waals surface area contributed by atoms with E-state index in [-0.39, 0.29) is 12.4 Å². The Balaban J connectivity index is 0.00000220. The molecule has 1 amide bonds. The van der Waals surface area contributed by atoms with E-state index in [1.54, 1.807) is 23.9 Å². The van der Waals surface area contributed by atoms with Crippen molar-refractivity contribution in [3.8, 4) is 5.75 Å². The van der Waals surface area contributed by atoms with Crippen molar-refractivity contribution >= 4 is 23.5 Å². The van der Waals surface area contributed by atoms with E-state index in [4.69, 9.17) is 4.74 Å². The second-order valence-electron chi connectivity index (χ2n) is 4.35. The average molecular weight is 325 g/mol. The highest BCUT2D eigenvalue weighted by atomic mass is 35.5. The third-order valence-electron chi connectivity index (χ3n) is 2.75. The molecule has 0 radical (unpaired) electrons. The number of carbonyl (C=O) groups is 1. The molecule has 0 fully saturated rings. The standard InChI is InChI=1S/C15H16N2O2S.ClH/c1-10-9-13(20-3)14(11(2)16-10)17-15(18)19-12-7-5-4-6-8-12;/h4-9H,1-3H3,(H,17,18);1H. The molecule has 0 atom stereocenters. The van der Waals surface area contributed by atoms with Gasteiger partial charge in [-0.05, 0) is 18.4 Å². The summed E-state index contributed by atoms with van der Waals surface area (Å²) in [4.78, 5) is 16.1. The number of benzene rings is 1. The number of pyridine rings is 1. The van der Waals surface area contributed by atoms with Crippen LogP contribution >= 0.6 is 11.8 Å². The number of H-pyrrole nitrogens is 1. The zero-order chi connectivity index (χ0) is 14.5. The smallest absolute Gasteiger partial charge is 0.417 e. The van der Waals surface area contributed by atoms with E-state index in [9.17, 15) is 4.79 Å². The zero-order valence-electron chi connectivity index (χ0n) is 12.1. The Kier molecular flexibility index (Phi) is 6.52. The Morgan fingerprint density at radius 2 is 1.90 bits per heavy atom. The van der Waals surface area contributed by atoms with Gasteiger partial charge in [0.05, 0.1) is 0 Å². The van der Waals surface area contributed by atoms with Gasteiger partial charge in [0.1, 0.15) is 11.4 Å². The number of halogens is 1. The average Bonchev–Trinajstić information content (AvgIpc) is 2.42. The minimum Gasteiger partial charge on any atom is -1.00 e. The van der Waals surface area contributed by atoms with Gasteiger partial charge in [-0.15, -0.1) is 11.8 Å². The second kappa shape index (κ2) is 7.90. The molecular formula is C15H17ClN2O2S. The molecule has 112 valence electrons. The van der Waals surface area contributed by atoms with Crippen molar-refractivity contribution in [3.05, 3.63) is 47.8 Å². The van der Waals surface area contributed by atoms with Crippen molar-refractivity contribution in [1.82, 2.24) is 0 Å². The predicted molar refractivity (Wildman–Crippen MR) is 80.3 cm³/mol. The molecular weight excluding hydrogens is 308 g/mol. The first-order valence-electron chi connectivity index (χ1n) is 6.21. The van der Waals surface area contributed by atoms with Gasteiger partial charge in [0.15, 0.2) is 5.69 Å². The number of hydrogen-bond donors (Lipinski definition) is 1. The Bertz CT molecular complexity index is 621. The lowest BCUT2D eigenvalue weighted by atomic mass is 10.3. The molecule has 6 heteroatoms. The summed E-state index contributed by atoms with van der Waals surface area (Å²) in [5.74, 6) is 0.518. The van der Waals surface area contributed by atoms with Crippen molar-refractivity contribution in [2.24, 2.45) is 0 Å². The number of anilines is 1. The van der Waals surface area contributed by atoms with Crippen LogP contribution in [0.4, 0.5) is 10.5 Å². The number of carbonyl (C=O) groups excluding carboxylic acids is 1. The predicted octanol–water partition coefficient (Wildman–Crippen LogP) is 0.454. The molecule has 2 rings (SSSR count). The lowest BCUT2D eigenvalue weighted by molar-refractivity contribution is -0.396. The van der Waals surface area contributed by atoms with Crippen LogP contribution in [0.25, 0.3) is 0 Å². The second-order valence-corrected chi connectivity index (χ2v) is 5.20. The van der Waals surface area contributed by atoms with Crippen molar-refractivity contribution in [1.29, 1.82) is 0 Å². The Labute approximate surface area is 134 Å². The van der Waals surface area contributed by atoms with Crippen LogP contribution in [0.5, 0.6) is 5.75 Å². The van der Waals surface area contributed by atoms with Gasteiger partial charge < -0.3 is 17.1 Å². The topological polar surface area (TPSA) is 52.5 Å². The van der Waals surface area contributed by atoms with E-state index in [1.807, 2.05) is 44.4 Å². The number of para-hydroxylation sites is 1. The van der Waals surface area contributed by atoms with Crippen LogP contribution in [0.2, 0.25) is 0 Å². The van der Waals surface area contributed by atoms with Crippen LogP contribution in [0, 0.1) is 13.8 Å². The molecule has 0 bridgehead atoms. The molecule has 1 heterocycles. The third kappa shape index (κ3) is 4.65. The van der Waals surface area contributed by atoms with E-state index in [1.165, 1.54) is 0 Å². The number of aromatic nitrogens is 1. The first kappa shape index (κ1) is 17.3. The van der Waals surface area contributed by atoms with E-state index in [2.05, 4.69) is 10.3 Å². The van der Waals surface area contributed by atoms with Crippen LogP contribution in [0.15, 0.2) is 41.3 Å². The van der Waals surface area contributed by atoms with Crippen LogP contribution in [0.3, 0.4) is 0 Å². The van der Waals surface area contributed by atoms with Gasteiger partial charge in [-0.25, -0.2) is 9.78 Å². The zero-order valence-corrected chi connectivity index (χ0v) is 13.6. The molecule has 0 saturated carbocycles. The van der Waals surface area contributed by atoms with Gasteiger partial charge in [-0.3, -0.25) is 5.32 Å². The maximum atomic E-state index is 11.9. The van der Waals surface area contributed by atoms with E-state index < -0.39 is 6.09 Å². The number of rotatable bonds is 3. The number of aromatic amines is 1. The fourth-order valence-electron chi connectivity index (χ4n) is 1.89. The summed E-state index contributed by atoms with van der Waals surface area (Å²) in [6.45, 7) is 3.91. The molecule has 4 nitrogen and oxygen atoms in total. The van der Waals surface area contributed by atoms with Gasteiger partial charge in [-0.1, -0.05) is 18.2 Å². The summed E-state index contributed by atoms with van der Waals surface area (Å²) in [6.07, 6.45) is 1.48. The van der Waals surface area contributed by atoms with E-state index in [0.717, 1.165) is 22.0 Å². The SMILES string of the molecule is CSc1cc(C)[nH+]c(C)c1NC(=O)Oc1ccccc1.[Cl-]. The summed E-state index contributed by atoms with van der Waals surface area (Å²) in [6, 6.07) is 11.0. The number of ether oxygens (including phenoxy) is 1. The van der Waals surface area contributed by atoms with E-state index >= 15 is 0 Å². The number of amides is 1. The van der Waals surface area contributed by atoms with Crippen molar-refractivity contribution in [2.45, 2.75) is 18.7 Å². The molecule has 0 spiro atoms. The first-order chi connectivity index (χ1) is 9.60. The van der Waals surface area contributed by atoms with Crippen LogP contribution in [0.1, 0.15) is 11.4 Å². The van der Waals surface area contributed by atoms with Crippen molar-refractivity contribution < 1.29 is 26.9 Å². The fourth-order valence-corrected chi connectivity index (χ4v) is 2.59. The van der Waals surface area contributed by atoms with E-state index in [0.29, 0.717) is 5.75 Å². The summed E-state index contributed by atoms with van der Waals surface area (Å²) < 4.78 is 5.23. The number of thioether (sulfide) groups is 1. The monoisotopic (exact) mass is 324 g/mol. The summed E-state index contributed by atoms with van der Waals surface area (Å²) in [7, 11) is 0. The lowest BCUT2D eigenvalue weighted by Gasteiger charge is -2.10. The number of nitrogens with one attached hydrogen (secondary N) is 2. The molecule has 0 saturated heterocycles. The third-order valence-corrected chi connectivity index (χ3v) is 3.52. The highest BCUT2D eigenvalue weighted by molar-refractivity contribution is 7.98. The molecule has 2 aromatic rings. The molecule has 0 aliphatic rings. The minimum absolute atomic E-state index is 0. The number of hydrogen-bond acceptors (Lipinski definition) is 3. The molecule has 2 N–H and O–H groups in total. The molecule has 0 unspecified atom stereocenters. The molecule has 0 aliphatic carbocycles. The molecule has 1 aromatic carbocycles. The Morgan fingerprint density at radius 3 is 2.52 bits per heavy atom. The lowest BCUT2D eigenvalue weighted by Crippen LogP contribution is -3.00. The largest absolute Gasteiger partial charge is 1.00 e. The quantitative estimate of drug-likeness (QED) is 0.834. The van der Waals surface area contributed by atoms with Gasteiger partial charge in [0, 0.05) is 24.8 Å². The minimum atomic E-state index is -0.494. The molecule has 21 heavy (non-hydrogen) atoms. The Morgan fingerprint density at radius 1 is 1.24 bits per heavy atom. The Hall–Kier alpha value is -1.72. The van der Waals surface area contributed by atoms with Crippen LogP contribution in [-0.2, 0) is 0 Å². The molecule has 0 aliphatic heterocycles. The number of aryl methyl sites for hydroxylation is 2. The van der Waals surface area contributed by atoms with Crippen LogP contribution < -0.4 is 27.4 Å². The summed E-state index contributed by atoms with van der Waals surface area (Å²) >= 11 is 1.58. The maximum absolute atomic E-state index is 11.9. The molecule has 1 aromatic heterocycles. The summed E-state index contributed by atoms with van der Waals surface area (Å²) in [5, 5.41) is 2.79. The fraction of sp³-hybridized carbons (Fsp3) is 0.200. The van der Waals surface area contributed by atoms with Crippen LogP contribution in [-0.4, -0.2) is 12.3 Å². The normalized spacial score (nSPS) is 9.67. The highest BCUT2D eigenvalue weighted by Crippen LogP contribution is 2.27. The van der Waals surface area contributed by atoms with Gasteiger partial charge >= 0.3 is 6.09 Å². The van der Waals surface area contributed by atoms with Gasteiger partial charge in [0.25, 0.3) is 0 Å². The maximum Gasteiger partial charge on any atom is 0.417 e. The highest BCUT2D eigenvalue weighted by Gasteiger charge is 2.16. The van der Waals surface area contributed by atoms with Crippen molar-refractivity contribution in [2.75, 3.05) is 11.6 Å². The van der Waals surface area contributed by atoms with Crippen molar-refractivity contribution in [3.63, 3.8) is 0 Å².